The van der Waals surface area contributed by atoms with Crippen molar-refractivity contribution in [3.05, 3.63) is 59.6 Å². The summed E-state index contributed by atoms with van der Waals surface area (Å²) in [4.78, 5) is 32.3. The Hall–Kier alpha value is -2.59. The minimum Gasteiger partial charge on any atom is -0.501 e. The summed E-state index contributed by atoms with van der Waals surface area (Å²) in [5.74, 6) is -2.34. The highest BCUT2D eigenvalue weighted by Crippen LogP contribution is 2.40. The minimum absolute atomic E-state index is 0.118. The van der Waals surface area contributed by atoms with Gasteiger partial charge in [0, 0.05) is 0 Å². The van der Waals surface area contributed by atoms with Gasteiger partial charge < -0.3 is 5.11 Å². The van der Waals surface area contributed by atoms with Crippen molar-refractivity contribution in [2.45, 2.75) is 39.5 Å². The van der Waals surface area contributed by atoms with Crippen LogP contribution in [0.1, 0.15) is 50.9 Å². The molecule has 0 radical (unpaired) electrons. The first-order chi connectivity index (χ1) is 14.0. The molecule has 0 bridgehead atoms. The van der Waals surface area contributed by atoms with E-state index in [9.17, 15) is 20.0 Å². The largest absolute Gasteiger partial charge is 0.501 e. The minimum atomic E-state index is -1.20. The molecule has 8 nitrogen and oxygen atoms in total. The van der Waals surface area contributed by atoms with Crippen LogP contribution in [0.5, 0.6) is 5.75 Å². The third kappa shape index (κ3) is 3.33. The molecular formula is C19H17BrClFN4O4. The Bertz CT molecular complexity index is 1230. The summed E-state index contributed by atoms with van der Waals surface area (Å²) in [6.07, 6.45) is 1.33. The Balaban J connectivity index is 2.73. The SMILES string of the molecule is CC(C)c1ncnc(C(C)C)c1-n1c(=O)c([N+](=O)[O-])c(O)c2cc(Cl)c(Br)c(F)c21. The van der Waals surface area contributed by atoms with Crippen LogP contribution < -0.4 is 5.56 Å². The van der Waals surface area contributed by atoms with Crippen LogP contribution >= 0.6 is 27.5 Å². The second-order valence-electron chi connectivity index (χ2n) is 7.28. The molecule has 0 fully saturated rings. The maximum Gasteiger partial charge on any atom is 0.376 e. The van der Waals surface area contributed by atoms with Crippen LogP contribution in [0.3, 0.4) is 0 Å². The summed E-state index contributed by atoms with van der Waals surface area (Å²) in [5.41, 5.74) is -1.69. The summed E-state index contributed by atoms with van der Waals surface area (Å²) < 4.78 is 16.1. The van der Waals surface area contributed by atoms with Gasteiger partial charge in [-0.15, -0.1) is 0 Å². The number of nitro groups is 1. The van der Waals surface area contributed by atoms with Crippen LogP contribution in [0.4, 0.5) is 10.1 Å². The normalized spacial score (nSPS) is 11.6. The molecule has 1 aromatic carbocycles. The molecule has 1 N–H and O–H groups in total. The van der Waals surface area contributed by atoms with Gasteiger partial charge in [-0.1, -0.05) is 39.3 Å². The third-order valence-electron chi connectivity index (χ3n) is 4.62. The number of rotatable bonds is 4. The average Bonchev–Trinajstić information content (AvgIpc) is 2.66. The van der Waals surface area contributed by atoms with E-state index in [0.717, 1.165) is 10.6 Å². The number of fused-ring (bicyclic) bond motifs is 1. The molecule has 0 saturated carbocycles. The lowest BCUT2D eigenvalue weighted by Crippen LogP contribution is -2.26. The Morgan fingerprint density at radius 2 is 1.77 bits per heavy atom. The van der Waals surface area contributed by atoms with Crippen LogP contribution in [-0.4, -0.2) is 24.6 Å². The first-order valence-electron chi connectivity index (χ1n) is 8.93. The first-order valence-corrected chi connectivity index (χ1v) is 10.1. The van der Waals surface area contributed by atoms with E-state index in [4.69, 9.17) is 11.6 Å². The summed E-state index contributed by atoms with van der Waals surface area (Å²) in [7, 11) is 0. The number of pyridine rings is 1. The highest BCUT2D eigenvalue weighted by atomic mass is 79.9. The topological polar surface area (TPSA) is 111 Å². The molecule has 0 unspecified atom stereocenters. The lowest BCUT2D eigenvalue weighted by atomic mass is 10.0. The monoisotopic (exact) mass is 498 g/mol. The molecule has 2 aromatic heterocycles. The van der Waals surface area contributed by atoms with Crippen molar-refractivity contribution in [3.63, 3.8) is 0 Å². The second kappa shape index (κ2) is 7.92. The first kappa shape index (κ1) is 22.1. The highest BCUT2D eigenvalue weighted by Gasteiger charge is 2.32. The average molecular weight is 500 g/mol. The van der Waals surface area contributed by atoms with Crippen LogP contribution in [0.25, 0.3) is 16.6 Å². The van der Waals surface area contributed by atoms with Crippen LogP contribution in [0.15, 0.2) is 21.7 Å². The zero-order valence-electron chi connectivity index (χ0n) is 16.4. The van der Waals surface area contributed by atoms with Crippen molar-refractivity contribution < 1.29 is 14.4 Å². The van der Waals surface area contributed by atoms with Gasteiger partial charge in [0.05, 0.1) is 42.4 Å². The van der Waals surface area contributed by atoms with Gasteiger partial charge in [-0.25, -0.2) is 14.4 Å². The zero-order valence-corrected chi connectivity index (χ0v) is 18.7. The maximum atomic E-state index is 15.4. The van der Waals surface area contributed by atoms with Crippen LogP contribution in [0.2, 0.25) is 5.02 Å². The van der Waals surface area contributed by atoms with Crippen LogP contribution in [-0.2, 0) is 0 Å². The van der Waals surface area contributed by atoms with Gasteiger partial charge in [0.15, 0.2) is 5.82 Å². The molecule has 0 atom stereocenters. The van der Waals surface area contributed by atoms with Gasteiger partial charge >= 0.3 is 11.2 Å². The summed E-state index contributed by atoms with van der Waals surface area (Å²) in [6, 6.07) is 1.16. The van der Waals surface area contributed by atoms with E-state index in [1.54, 1.807) is 0 Å². The van der Waals surface area contributed by atoms with Crippen LogP contribution in [0, 0.1) is 15.9 Å². The molecule has 30 heavy (non-hydrogen) atoms. The van der Waals surface area contributed by atoms with Crippen molar-refractivity contribution in [3.8, 4) is 11.4 Å². The van der Waals surface area contributed by atoms with Crippen molar-refractivity contribution in [1.82, 2.24) is 14.5 Å². The molecule has 0 aliphatic rings. The Labute approximate surface area is 183 Å². The predicted octanol–water partition coefficient (Wildman–Crippen LogP) is 5.20. The van der Waals surface area contributed by atoms with E-state index in [2.05, 4.69) is 25.9 Å². The fourth-order valence-electron chi connectivity index (χ4n) is 3.28. The fourth-order valence-corrected chi connectivity index (χ4v) is 3.77. The lowest BCUT2D eigenvalue weighted by Gasteiger charge is -2.21. The number of aromatic hydroxyl groups is 1. The zero-order chi connectivity index (χ0) is 22.5. The number of nitrogens with zero attached hydrogens (tertiary/aromatic N) is 4. The van der Waals surface area contributed by atoms with Gasteiger partial charge in [0.25, 0.3) is 0 Å². The molecule has 3 aromatic rings. The van der Waals surface area contributed by atoms with E-state index < -0.39 is 27.7 Å². The predicted molar refractivity (Wildman–Crippen MR) is 114 cm³/mol. The Kier molecular flexibility index (Phi) is 5.83. The van der Waals surface area contributed by atoms with Crippen molar-refractivity contribution >= 4 is 44.1 Å². The lowest BCUT2D eigenvalue weighted by molar-refractivity contribution is -0.387. The van der Waals surface area contributed by atoms with E-state index in [1.165, 1.54) is 6.33 Å². The highest BCUT2D eigenvalue weighted by molar-refractivity contribution is 9.10. The molecule has 3 rings (SSSR count). The summed E-state index contributed by atoms with van der Waals surface area (Å²) in [6.45, 7) is 7.28. The van der Waals surface area contributed by atoms with Crippen molar-refractivity contribution in [2.75, 3.05) is 0 Å². The van der Waals surface area contributed by atoms with Gasteiger partial charge in [0.1, 0.15) is 6.33 Å². The molecule has 11 heteroatoms. The molecule has 0 aliphatic carbocycles. The van der Waals surface area contributed by atoms with Gasteiger partial charge in [-0.3, -0.25) is 19.5 Å². The second-order valence-corrected chi connectivity index (χ2v) is 8.48. The molecule has 0 saturated heterocycles. The maximum absolute atomic E-state index is 15.4. The number of hydrogen-bond acceptors (Lipinski definition) is 6. The molecular weight excluding hydrogens is 483 g/mol. The Morgan fingerprint density at radius 1 is 1.23 bits per heavy atom. The smallest absolute Gasteiger partial charge is 0.376 e. The van der Waals surface area contributed by atoms with E-state index in [-0.39, 0.29) is 37.9 Å². The van der Waals surface area contributed by atoms with Gasteiger partial charge in [-0.05, 0) is 33.8 Å². The quantitative estimate of drug-likeness (QED) is 0.300. The molecule has 0 aliphatic heterocycles. The van der Waals surface area contributed by atoms with Gasteiger partial charge in [0.2, 0.25) is 5.75 Å². The van der Waals surface area contributed by atoms with E-state index in [1.807, 2.05) is 27.7 Å². The summed E-state index contributed by atoms with van der Waals surface area (Å²) >= 11 is 9.05. The van der Waals surface area contributed by atoms with Gasteiger partial charge in [-0.2, -0.15) is 0 Å². The van der Waals surface area contributed by atoms with Crippen molar-refractivity contribution in [2.24, 2.45) is 0 Å². The Morgan fingerprint density at radius 3 is 2.23 bits per heavy atom. The standard InChI is InChI=1S/C19H17BrClFN4O4/c1-7(2)13-16(14(8(3)4)24-6-23-13)25-15-9(5-10(21)11(20)12(15)22)18(27)17(19(25)28)26(29)30/h5-8,27H,1-4H3. The number of halogens is 3. The number of benzene rings is 1. The van der Waals surface area contributed by atoms with E-state index in [0.29, 0.717) is 11.4 Å². The number of aromatic nitrogens is 3. The van der Waals surface area contributed by atoms with Crippen molar-refractivity contribution in [1.29, 1.82) is 0 Å². The molecule has 2 heterocycles. The molecule has 158 valence electrons. The third-order valence-corrected chi connectivity index (χ3v) is 5.93. The molecule has 0 spiro atoms. The number of hydrogen-bond donors (Lipinski definition) is 1. The fraction of sp³-hybridized carbons (Fsp3) is 0.316. The summed E-state index contributed by atoms with van der Waals surface area (Å²) in [5, 5.41) is 21.7. The molecule has 0 amide bonds. The van der Waals surface area contributed by atoms with E-state index >= 15 is 4.39 Å².